The van der Waals surface area contributed by atoms with Gasteiger partial charge < -0.3 is 16.0 Å². The quantitative estimate of drug-likeness (QED) is 0.866. The molecule has 0 atom stereocenters. The molecule has 1 saturated heterocycles. The standard InChI is InChI=1S/C16H26N4O/c1-11(2)20(10-13-5-7-18-8-6-13)16-14(15(17)21)12(3)4-9-19-16/h4,9,11,13,18H,5-8,10H2,1-3H3,(H2,17,21). The van der Waals surface area contributed by atoms with E-state index in [1.165, 1.54) is 12.8 Å². The number of amides is 1. The summed E-state index contributed by atoms with van der Waals surface area (Å²) in [5.74, 6) is 0.972. The molecule has 1 aromatic heterocycles. The number of anilines is 1. The summed E-state index contributed by atoms with van der Waals surface area (Å²) in [6.07, 6.45) is 4.09. The van der Waals surface area contributed by atoms with Crippen molar-refractivity contribution in [2.75, 3.05) is 24.5 Å². The molecule has 5 heteroatoms. The Labute approximate surface area is 126 Å². The Morgan fingerprint density at radius 2 is 2.14 bits per heavy atom. The number of aromatic nitrogens is 1. The van der Waals surface area contributed by atoms with E-state index >= 15 is 0 Å². The summed E-state index contributed by atoms with van der Waals surface area (Å²) in [4.78, 5) is 18.5. The van der Waals surface area contributed by atoms with Gasteiger partial charge in [-0.05, 0) is 64.3 Å². The third kappa shape index (κ3) is 3.73. The Hall–Kier alpha value is -1.62. The number of nitrogens with zero attached hydrogens (tertiary/aromatic N) is 2. The number of carbonyl (C=O) groups is 1. The number of hydrogen-bond donors (Lipinski definition) is 2. The number of carbonyl (C=O) groups excluding carboxylic acids is 1. The van der Waals surface area contributed by atoms with E-state index in [9.17, 15) is 4.79 Å². The van der Waals surface area contributed by atoms with Crippen LogP contribution in [0.5, 0.6) is 0 Å². The highest BCUT2D eigenvalue weighted by Crippen LogP contribution is 2.25. The van der Waals surface area contributed by atoms with Gasteiger partial charge in [-0.25, -0.2) is 4.98 Å². The predicted molar refractivity (Wildman–Crippen MR) is 85.6 cm³/mol. The summed E-state index contributed by atoms with van der Waals surface area (Å²) < 4.78 is 0. The SMILES string of the molecule is Cc1ccnc(N(CC2CCNCC2)C(C)C)c1C(N)=O. The van der Waals surface area contributed by atoms with Crippen LogP contribution in [0.25, 0.3) is 0 Å². The minimum Gasteiger partial charge on any atom is -0.365 e. The summed E-state index contributed by atoms with van der Waals surface area (Å²) in [6.45, 7) is 9.25. The zero-order valence-corrected chi connectivity index (χ0v) is 13.2. The molecule has 0 bridgehead atoms. The smallest absolute Gasteiger partial charge is 0.252 e. The van der Waals surface area contributed by atoms with Gasteiger partial charge in [0, 0.05) is 18.8 Å². The second-order valence-electron chi connectivity index (χ2n) is 6.13. The minimum absolute atomic E-state index is 0.285. The van der Waals surface area contributed by atoms with Gasteiger partial charge in [-0.1, -0.05) is 0 Å². The lowest BCUT2D eigenvalue weighted by Gasteiger charge is -2.34. The molecule has 1 fully saturated rings. The van der Waals surface area contributed by atoms with Crippen molar-refractivity contribution in [2.45, 2.75) is 39.7 Å². The summed E-state index contributed by atoms with van der Waals surface area (Å²) in [5.41, 5.74) is 7.02. The number of rotatable bonds is 5. The Balaban J connectivity index is 2.29. The molecule has 3 N–H and O–H groups in total. The highest BCUT2D eigenvalue weighted by atomic mass is 16.1. The largest absolute Gasteiger partial charge is 0.365 e. The van der Waals surface area contributed by atoms with Gasteiger partial charge in [0.05, 0.1) is 5.56 Å². The van der Waals surface area contributed by atoms with Crippen LogP contribution in [0, 0.1) is 12.8 Å². The predicted octanol–water partition coefficient (Wildman–Crippen LogP) is 1.70. The van der Waals surface area contributed by atoms with E-state index in [0.717, 1.165) is 31.0 Å². The van der Waals surface area contributed by atoms with Crippen LogP contribution in [0.2, 0.25) is 0 Å². The molecule has 1 amide bonds. The number of aryl methyl sites for hydroxylation is 1. The van der Waals surface area contributed by atoms with Gasteiger partial charge in [0.15, 0.2) is 0 Å². The Morgan fingerprint density at radius 3 is 2.71 bits per heavy atom. The fourth-order valence-corrected chi connectivity index (χ4v) is 2.95. The lowest BCUT2D eigenvalue weighted by atomic mass is 9.96. The van der Waals surface area contributed by atoms with Crippen molar-refractivity contribution < 1.29 is 4.79 Å². The maximum atomic E-state index is 11.8. The van der Waals surface area contributed by atoms with Crippen molar-refractivity contribution in [3.8, 4) is 0 Å². The van der Waals surface area contributed by atoms with Crippen molar-refractivity contribution in [3.63, 3.8) is 0 Å². The zero-order chi connectivity index (χ0) is 15.4. The molecule has 116 valence electrons. The minimum atomic E-state index is -0.397. The Morgan fingerprint density at radius 1 is 1.48 bits per heavy atom. The van der Waals surface area contributed by atoms with E-state index in [-0.39, 0.29) is 6.04 Å². The molecule has 0 unspecified atom stereocenters. The summed E-state index contributed by atoms with van der Waals surface area (Å²) in [6, 6.07) is 2.12. The van der Waals surface area contributed by atoms with Crippen LogP contribution >= 0.6 is 0 Å². The zero-order valence-electron chi connectivity index (χ0n) is 13.2. The molecular formula is C16H26N4O. The fourth-order valence-electron chi connectivity index (χ4n) is 2.95. The molecular weight excluding hydrogens is 264 g/mol. The molecule has 5 nitrogen and oxygen atoms in total. The number of nitrogens with one attached hydrogen (secondary N) is 1. The maximum absolute atomic E-state index is 11.8. The highest BCUT2D eigenvalue weighted by molar-refractivity contribution is 5.99. The first-order chi connectivity index (χ1) is 10.0. The van der Waals surface area contributed by atoms with Crippen molar-refractivity contribution in [1.29, 1.82) is 0 Å². The van der Waals surface area contributed by atoms with Crippen LogP contribution in [-0.2, 0) is 0 Å². The van der Waals surface area contributed by atoms with Crippen molar-refractivity contribution in [3.05, 3.63) is 23.4 Å². The van der Waals surface area contributed by atoms with Crippen molar-refractivity contribution >= 4 is 11.7 Å². The first-order valence-electron chi connectivity index (χ1n) is 7.73. The van der Waals surface area contributed by atoms with Gasteiger partial charge in [0.1, 0.15) is 5.82 Å². The van der Waals surface area contributed by atoms with Gasteiger partial charge in [-0.2, -0.15) is 0 Å². The first kappa shape index (κ1) is 15.8. The molecule has 0 radical (unpaired) electrons. The number of nitrogens with two attached hydrogens (primary N) is 1. The van der Waals surface area contributed by atoms with Crippen LogP contribution in [0.1, 0.15) is 42.6 Å². The molecule has 1 aliphatic heterocycles. The molecule has 0 aromatic carbocycles. The van der Waals surface area contributed by atoms with Crippen molar-refractivity contribution in [2.24, 2.45) is 11.7 Å². The van der Waals surface area contributed by atoms with Gasteiger partial charge in [-0.3, -0.25) is 4.79 Å². The van der Waals surface area contributed by atoms with Crippen LogP contribution in [-0.4, -0.2) is 36.6 Å². The van der Waals surface area contributed by atoms with Gasteiger partial charge in [0.25, 0.3) is 5.91 Å². The van der Waals surface area contributed by atoms with E-state index in [1.807, 2.05) is 13.0 Å². The summed E-state index contributed by atoms with van der Waals surface area (Å²) in [5, 5.41) is 3.39. The van der Waals surface area contributed by atoms with E-state index in [1.54, 1.807) is 6.20 Å². The molecule has 2 heterocycles. The average molecular weight is 290 g/mol. The molecule has 1 aromatic rings. The number of primary amides is 1. The van der Waals surface area contributed by atoms with Crippen molar-refractivity contribution in [1.82, 2.24) is 10.3 Å². The van der Waals surface area contributed by atoms with Gasteiger partial charge in [0.2, 0.25) is 0 Å². The lowest BCUT2D eigenvalue weighted by molar-refractivity contribution is 0.0999. The topological polar surface area (TPSA) is 71.2 Å². The molecule has 0 spiro atoms. The van der Waals surface area contributed by atoms with E-state index in [2.05, 4.69) is 29.0 Å². The number of piperidine rings is 1. The third-order valence-corrected chi connectivity index (χ3v) is 4.19. The average Bonchev–Trinajstić information content (AvgIpc) is 2.45. The van der Waals surface area contributed by atoms with Crippen LogP contribution in [0.15, 0.2) is 12.3 Å². The maximum Gasteiger partial charge on any atom is 0.252 e. The highest BCUT2D eigenvalue weighted by Gasteiger charge is 2.24. The number of pyridine rings is 1. The second-order valence-corrected chi connectivity index (χ2v) is 6.13. The third-order valence-electron chi connectivity index (χ3n) is 4.19. The van der Waals surface area contributed by atoms with E-state index in [0.29, 0.717) is 11.5 Å². The molecule has 21 heavy (non-hydrogen) atoms. The Bertz CT molecular complexity index is 495. The normalized spacial score (nSPS) is 16.2. The first-order valence-corrected chi connectivity index (χ1v) is 7.73. The van der Waals surface area contributed by atoms with Crippen LogP contribution < -0.4 is 16.0 Å². The summed E-state index contributed by atoms with van der Waals surface area (Å²) in [7, 11) is 0. The van der Waals surface area contributed by atoms with Crippen LogP contribution in [0.4, 0.5) is 5.82 Å². The Kier molecular flexibility index (Phi) is 5.17. The van der Waals surface area contributed by atoms with Gasteiger partial charge >= 0.3 is 0 Å². The van der Waals surface area contributed by atoms with Gasteiger partial charge in [-0.15, -0.1) is 0 Å². The van der Waals surface area contributed by atoms with Crippen LogP contribution in [0.3, 0.4) is 0 Å². The van der Waals surface area contributed by atoms with E-state index < -0.39 is 5.91 Å². The number of hydrogen-bond acceptors (Lipinski definition) is 4. The molecule has 0 aliphatic carbocycles. The lowest BCUT2D eigenvalue weighted by Crippen LogP contribution is -2.41. The molecule has 0 saturated carbocycles. The molecule has 2 rings (SSSR count). The monoisotopic (exact) mass is 290 g/mol. The summed E-state index contributed by atoms with van der Waals surface area (Å²) >= 11 is 0. The second kappa shape index (κ2) is 6.89. The van der Waals surface area contributed by atoms with E-state index in [4.69, 9.17) is 5.73 Å². The fraction of sp³-hybridized carbons (Fsp3) is 0.625. The molecule has 1 aliphatic rings.